The third-order valence-corrected chi connectivity index (χ3v) is 4.21. The van der Waals surface area contributed by atoms with E-state index in [2.05, 4.69) is 31.3 Å². The zero-order chi connectivity index (χ0) is 13.0. The van der Waals surface area contributed by atoms with Crippen molar-refractivity contribution in [1.29, 1.82) is 0 Å². The fourth-order valence-electron chi connectivity index (χ4n) is 2.98. The minimum atomic E-state index is 0.130. The van der Waals surface area contributed by atoms with Crippen molar-refractivity contribution < 1.29 is 5.11 Å². The second-order valence-corrected chi connectivity index (χ2v) is 5.86. The average molecular weight is 247 g/mol. The van der Waals surface area contributed by atoms with E-state index in [1.165, 1.54) is 24.8 Å². The highest BCUT2D eigenvalue weighted by atomic mass is 16.3. The van der Waals surface area contributed by atoms with Gasteiger partial charge in [0.15, 0.2) is 0 Å². The summed E-state index contributed by atoms with van der Waals surface area (Å²) in [4.78, 5) is 0. The van der Waals surface area contributed by atoms with Gasteiger partial charge in [0.05, 0.1) is 6.61 Å². The number of hydrogen-bond donors (Lipinski definition) is 2. The summed E-state index contributed by atoms with van der Waals surface area (Å²) in [5, 5.41) is 12.7. The zero-order valence-electron chi connectivity index (χ0n) is 11.5. The van der Waals surface area contributed by atoms with Crippen molar-refractivity contribution in [2.45, 2.75) is 52.3 Å². The molecule has 3 atom stereocenters. The van der Waals surface area contributed by atoms with E-state index in [9.17, 15) is 0 Å². The van der Waals surface area contributed by atoms with Gasteiger partial charge in [0.1, 0.15) is 0 Å². The predicted octanol–water partition coefficient (Wildman–Crippen LogP) is 3.09. The van der Waals surface area contributed by atoms with Gasteiger partial charge < -0.3 is 10.4 Å². The van der Waals surface area contributed by atoms with Gasteiger partial charge in [0.25, 0.3) is 0 Å². The summed E-state index contributed by atoms with van der Waals surface area (Å²) in [6, 6.07) is 8.88. The summed E-state index contributed by atoms with van der Waals surface area (Å²) >= 11 is 0. The topological polar surface area (TPSA) is 32.3 Å². The van der Waals surface area contributed by atoms with Gasteiger partial charge in [0.2, 0.25) is 0 Å². The molecule has 18 heavy (non-hydrogen) atoms. The maximum absolute atomic E-state index is 9.01. The van der Waals surface area contributed by atoms with Gasteiger partial charge in [-0.05, 0) is 42.2 Å². The first-order valence-corrected chi connectivity index (χ1v) is 7.11. The van der Waals surface area contributed by atoms with Crippen LogP contribution in [0.25, 0.3) is 0 Å². The maximum atomic E-state index is 9.01. The fourth-order valence-corrected chi connectivity index (χ4v) is 2.98. The van der Waals surface area contributed by atoms with Gasteiger partial charge in [-0.2, -0.15) is 0 Å². The van der Waals surface area contributed by atoms with Crippen LogP contribution in [0.5, 0.6) is 0 Å². The van der Waals surface area contributed by atoms with E-state index >= 15 is 0 Å². The molecule has 1 saturated carbocycles. The lowest BCUT2D eigenvalue weighted by Crippen LogP contribution is -2.38. The highest BCUT2D eigenvalue weighted by Crippen LogP contribution is 2.28. The highest BCUT2D eigenvalue weighted by Gasteiger charge is 2.24. The lowest BCUT2D eigenvalue weighted by molar-refractivity contribution is 0.227. The molecule has 2 nitrogen and oxygen atoms in total. The normalized spacial score (nSPS) is 28.3. The standard InChI is InChI=1S/C16H25NO/c1-12-3-8-16(13(2)9-12)17-10-14-4-6-15(11-18)7-5-14/h4-7,12-13,16-18H,3,8-11H2,1-2H3. The van der Waals surface area contributed by atoms with Crippen LogP contribution in [0.3, 0.4) is 0 Å². The molecule has 2 N–H and O–H groups in total. The molecular weight excluding hydrogens is 222 g/mol. The van der Waals surface area contributed by atoms with Crippen molar-refractivity contribution in [2.24, 2.45) is 11.8 Å². The minimum Gasteiger partial charge on any atom is -0.392 e. The van der Waals surface area contributed by atoms with Crippen molar-refractivity contribution >= 4 is 0 Å². The number of benzene rings is 1. The first-order valence-electron chi connectivity index (χ1n) is 7.11. The summed E-state index contributed by atoms with van der Waals surface area (Å²) < 4.78 is 0. The average Bonchev–Trinajstić information content (AvgIpc) is 2.38. The van der Waals surface area contributed by atoms with Crippen LogP contribution in [-0.2, 0) is 13.2 Å². The Morgan fingerprint density at radius 2 is 1.78 bits per heavy atom. The third-order valence-electron chi connectivity index (χ3n) is 4.21. The molecule has 1 aromatic carbocycles. The third kappa shape index (κ3) is 3.56. The molecule has 0 bridgehead atoms. The quantitative estimate of drug-likeness (QED) is 0.857. The van der Waals surface area contributed by atoms with Crippen LogP contribution in [0.2, 0.25) is 0 Å². The Bertz CT molecular complexity index is 360. The first-order chi connectivity index (χ1) is 8.69. The fraction of sp³-hybridized carbons (Fsp3) is 0.625. The van der Waals surface area contributed by atoms with Crippen molar-refractivity contribution in [3.63, 3.8) is 0 Å². The molecule has 1 fully saturated rings. The number of nitrogens with one attached hydrogen (secondary N) is 1. The van der Waals surface area contributed by atoms with E-state index in [4.69, 9.17) is 5.11 Å². The predicted molar refractivity (Wildman–Crippen MR) is 75.2 cm³/mol. The molecule has 0 aromatic heterocycles. The van der Waals surface area contributed by atoms with E-state index in [1.807, 2.05) is 12.1 Å². The van der Waals surface area contributed by atoms with Gasteiger partial charge in [-0.3, -0.25) is 0 Å². The number of hydrogen-bond acceptors (Lipinski definition) is 2. The summed E-state index contributed by atoms with van der Waals surface area (Å²) in [5.41, 5.74) is 2.29. The molecule has 1 aliphatic rings. The Morgan fingerprint density at radius 3 is 2.39 bits per heavy atom. The Kier molecular flexibility index (Phi) is 4.79. The van der Waals surface area contributed by atoms with Crippen LogP contribution in [0, 0.1) is 11.8 Å². The first kappa shape index (κ1) is 13.6. The lowest BCUT2D eigenvalue weighted by Gasteiger charge is -2.33. The van der Waals surface area contributed by atoms with Gasteiger partial charge in [0, 0.05) is 12.6 Å². The summed E-state index contributed by atoms with van der Waals surface area (Å²) in [5.74, 6) is 1.67. The molecular formula is C16H25NO. The molecule has 2 heteroatoms. The molecule has 0 spiro atoms. The van der Waals surface area contributed by atoms with E-state index in [0.717, 1.165) is 23.9 Å². The molecule has 0 aliphatic heterocycles. The summed E-state index contributed by atoms with van der Waals surface area (Å²) in [6.07, 6.45) is 4.00. The molecule has 0 saturated heterocycles. The minimum absolute atomic E-state index is 0.130. The van der Waals surface area contributed by atoms with Crippen molar-refractivity contribution in [3.8, 4) is 0 Å². The lowest BCUT2D eigenvalue weighted by atomic mass is 9.80. The van der Waals surface area contributed by atoms with Gasteiger partial charge >= 0.3 is 0 Å². The Balaban J connectivity index is 1.83. The van der Waals surface area contributed by atoms with Gasteiger partial charge in [-0.1, -0.05) is 38.1 Å². The SMILES string of the molecule is CC1CCC(NCc2ccc(CO)cc2)C(C)C1. The second-order valence-electron chi connectivity index (χ2n) is 5.86. The van der Waals surface area contributed by atoms with Crippen LogP contribution in [0.15, 0.2) is 24.3 Å². The Hall–Kier alpha value is -0.860. The van der Waals surface area contributed by atoms with Crippen molar-refractivity contribution in [2.75, 3.05) is 0 Å². The van der Waals surface area contributed by atoms with E-state index in [0.29, 0.717) is 6.04 Å². The summed E-state index contributed by atoms with van der Waals surface area (Å²) in [6.45, 7) is 5.79. The second kappa shape index (κ2) is 6.35. The van der Waals surface area contributed by atoms with Crippen molar-refractivity contribution in [3.05, 3.63) is 35.4 Å². The smallest absolute Gasteiger partial charge is 0.0681 e. The van der Waals surface area contributed by atoms with Gasteiger partial charge in [-0.25, -0.2) is 0 Å². The molecule has 100 valence electrons. The summed E-state index contributed by atoms with van der Waals surface area (Å²) in [7, 11) is 0. The molecule has 0 radical (unpaired) electrons. The molecule has 3 unspecified atom stereocenters. The Labute approximate surface area is 110 Å². The van der Waals surface area contributed by atoms with Crippen LogP contribution < -0.4 is 5.32 Å². The molecule has 0 heterocycles. The highest BCUT2D eigenvalue weighted by molar-refractivity contribution is 5.21. The number of aliphatic hydroxyl groups is 1. The van der Waals surface area contributed by atoms with Crippen LogP contribution in [0.1, 0.15) is 44.2 Å². The molecule has 1 aromatic rings. The van der Waals surface area contributed by atoms with Crippen molar-refractivity contribution in [1.82, 2.24) is 5.32 Å². The molecule has 0 amide bonds. The van der Waals surface area contributed by atoms with E-state index < -0.39 is 0 Å². The van der Waals surface area contributed by atoms with Crippen LogP contribution >= 0.6 is 0 Å². The van der Waals surface area contributed by atoms with E-state index in [-0.39, 0.29) is 6.61 Å². The number of rotatable bonds is 4. The van der Waals surface area contributed by atoms with Gasteiger partial charge in [-0.15, -0.1) is 0 Å². The molecule has 1 aliphatic carbocycles. The maximum Gasteiger partial charge on any atom is 0.0681 e. The number of aliphatic hydroxyl groups excluding tert-OH is 1. The van der Waals surface area contributed by atoms with Crippen LogP contribution in [0.4, 0.5) is 0 Å². The Morgan fingerprint density at radius 1 is 1.11 bits per heavy atom. The van der Waals surface area contributed by atoms with E-state index in [1.54, 1.807) is 0 Å². The zero-order valence-corrected chi connectivity index (χ0v) is 11.5. The largest absolute Gasteiger partial charge is 0.392 e. The molecule has 2 rings (SSSR count). The van der Waals surface area contributed by atoms with Crippen LogP contribution in [-0.4, -0.2) is 11.1 Å². The monoisotopic (exact) mass is 247 g/mol.